The number of pyridine rings is 1. The Labute approximate surface area is 185 Å². The number of fused-ring (bicyclic) bond motifs is 7. The number of benzene rings is 1. The predicted octanol–water partition coefficient (Wildman–Crippen LogP) is 3.78. The lowest BCUT2D eigenvalue weighted by Crippen LogP contribution is -2.14. The highest BCUT2D eigenvalue weighted by molar-refractivity contribution is 5.74. The van der Waals surface area contributed by atoms with Crippen molar-refractivity contribution in [3.8, 4) is 28.6 Å². The Bertz CT molecular complexity index is 1410. The molecule has 0 spiro atoms. The van der Waals surface area contributed by atoms with Crippen LogP contribution in [0.25, 0.3) is 16.8 Å². The molecule has 0 saturated carbocycles. The molecule has 1 atom stereocenters. The van der Waals surface area contributed by atoms with Crippen molar-refractivity contribution in [2.24, 2.45) is 7.05 Å². The highest BCUT2D eigenvalue weighted by Gasteiger charge is 2.25. The minimum Gasteiger partial charge on any atom is -0.482 e. The highest BCUT2D eigenvalue weighted by Crippen LogP contribution is 2.37. The summed E-state index contributed by atoms with van der Waals surface area (Å²) in [5, 5.41) is 19.0. The van der Waals surface area contributed by atoms with Gasteiger partial charge in [-0.25, -0.2) is 9.67 Å². The molecule has 1 aliphatic rings. The summed E-state index contributed by atoms with van der Waals surface area (Å²) in [6.45, 7) is 6.02. The fourth-order valence-corrected chi connectivity index (χ4v) is 4.34. The van der Waals surface area contributed by atoms with Crippen LogP contribution in [0.1, 0.15) is 46.9 Å². The highest BCUT2D eigenvalue weighted by atomic mass is 16.5. The lowest BCUT2D eigenvalue weighted by molar-refractivity contribution is 0.227. The van der Waals surface area contributed by atoms with Crippen LogP contribution in [0.2, 0.25) is 0 Å². The third-order valence-electron chi connectivity index (χ3n) is 5.85. The number of hydrogen-bond donors (Lipinski definition) is 1. The lowest BCUT2D eigenvalue weighted by atomic mass is 10.0. The van der Waals surface area contributed by atoms with Crippen LogP contribution in [0.3, 0.4) is 0 Å². The number of anilines is 1. The number of nitrogens with two attached hydrogens (primary N) is 1. The second-order valence-electron chi connectivity index (χ2n) is 8.20. The van der Waals surface area contributed by atoms with Crippen molar-refractivity contribution in [2.45, 2.75) is 33.3 Å². The molecule has 8 heteroatoms. The van der Waals surface area contributed by atoms with Crippen molar-refractivity contribution in [3.05, 3.63) is 70.4 Å². The van der Waals surface area contributed by atoms with Gasteiger partial charge in [0.1, 0.15) is 12.2 Å². The first-order valence-corrected chi connectivity index (χ1v) is 10.4. The Morgan fingerprint density at radius 1 is 1.19 bits per heavy atom. The van der Waals surface area contributed by atoms with Gasteiger partial charge in [-0.15, -0.1) is 0 Å². The van der Waals surface area contributed by atoms with Crippen LogP contribution >= 0.6 is 0 Å². The molecule has 3 aromatic heterocycles. The normalized spacial score (nSPS) is 14.8. The Morgan fingerprint density at radius 2 is 2.00 bits per heavy atom. The molecule has 8 nitrogen and oxygen atoms in total. The van der Waals surface area contributed by atoms with E-state index in [4.69, 9.17) is 15.6 Å². The summed E-state index contributed by atoms with van der Waals surface area (Å²) in [6.07, 6.45) is 1.91. The number of nitriles is 1. The molecule has 0 amide bonds. The zero-order chi connectivity index (χ0) is 22.6. The van der Waals surface area contributed by atoms with Crippen molar-refractivity contribution in [3.63, 3.8) is 0 Å². The van der Waals surface area contributed by atoms with Gasteiger partial charge in [0.2, 0.25) is 0 Å². The molecule has 0 aliphatic carbocycles. The fourth-order valence-electron chi connectivity index (χ4n) is 4.34. The van der Waals surface area contributed by atoms with Crippen LogP contribution in [0, 0.1) is 25.2 Å². The monoisotopic (exact) mass is 425 g/mol. The molecule has 160 valence electrons. The Hall–Kier alpha value is -4.12. The van der Waals surface area contributed by atoms with Gasteiger partial charge in [0.05, 0.1) is 22.8 Å². The van der Waals surface area contributed by atoms with Gasteiger partial charge < -0.3 is 10.5 Å². The summed E-state index contributed by atoms with van der Waals surface area (Å²) in [5.74, 6) is 0.769. The molecule has 0 unspecified atom stereocenters. The number of rotatable bonds is 0. The van der Waals surface area contributed by atoms with Crippen molar-refractivity contribution in [1.82, 2.24) is 24.5 Å². The standard InChI is InChI=1S/C24H23N7O/c1-13-5-6-20-18(7-13)15(3)32-22-9-16(12-27-24(22)26)23-19(11-25)29-30(4)21(23)10-17-8-14(2)28-31(17)20/h5-9,12,15H,10H2,1-4H3,(H2,26,27)/t15-/m1/s1. The van der Waals surface area contributed by atoms with Gasteiger partial charge in [-0.2, -0.15) is 15.5 Å². The van der Waals surface area contributed by atoms with E-state index in [0.29, 0.717) is 23.7 Å². The Kier molecular flexibility index (Phi) is 4.48. The molecule has 0 fully saturated rings. The van der Waals surface area contributed by atoms with E-state index in [9.17, 15) is 5.26 Å². The first kappa shape index (κ1) is 19.8. The smallest absolute Gasteiger partial charge is 0.170 e. The number of nitrogen functional groups attached to an aromatic ring is 1. The first-order chi connectivity index (χ1) is 15.4. The van der Waals surface area contributed by atoms with Gasteiger partial charge in [0.15, 0.2) is 17.3 Å². The molecule has 1 aliphatic heterocycles. The summed E-state index contributed by atoms with van der Waals surface area (Å²) in [5.41, 5.74) is 13.8. The third kappa shape index (κ3) is 3.10. The molecule has 2 N–H and O–H groups in total. The zero-order valence-electron chi connectivity index (χ0n) is 18.4. The van der Waals surface area contributed by atoms with Crippen LogP contribution in [0.4, 0.5) is 5.82 Å². The van der Waals surface area contributed by atoms with Crippen molar-refractivity contribution < 1.29 is 4.74 Å². The second-order valence-corrected chi connectivity index (χ2v) is 8.20. The van der Waals surface area contributed by atoms with Crippen LogP contribution in [0.5, 0.6) is 5.75 Å². The topological polar surface area (TPSA) is 108 Å². The number of hydrogen-bond acceptors (Lipinski definition) is 6. The average Bonchev–Trinajstić information content (AvgIpc) is 3.28. The molecule has 4 aromatic rings. The van der Waals surface area contributed by atoms with Crippen molar-refractivity contribution in [1.29, 1.82) is 5.26 Å². The number of aromatic nitrogens is 5. The van der Waals surface area contributed by atoms with Crippen LogP contribution in [0.15, 0.2) is 36.5 Å². The van der Waals surface area contributed by atoms with Crippen molar-refractivity contribution >= 4 is 5.82 Å². The van der Waals surface area contributed by atoms with Crippen LogP contribution in [-0.4, -0.2) is 24.5 Å². The molecule has 32 heavy (non-hydrogen) atoms. The Morgan fingerprint density at radius 3 is 2.78 bits per heavy atom. The molecule has 1 aromatic carbocycles. The van der Waals surface area contributed by atoms with Crippen LogP contribution in [-0.2, 0) is 13.5 Å². The molecule has 0 saturated heterocycles. The minimum atomic E-state index is -0.301. The maximum absolute atomic E-state index is 9.76. The molecule has 4 heterocycles. The van der Waals surface area contributed by atoms with E-state index in [-0.39, 0.29) is 6.10 Å². The fraction of sp³-hybridized carbons (Fsp3) is 0.250. The van der Waals surface area contributed by atoms with Gasteiger partial charge in [-0.1, -0.05) is 17.7 Å². The predicted molar refractivity (Wildman–Crippen MR) is 120 cm³/mol. The quantitative estimate of drug-likeness (QED) is 0.459. The summed E-state index contributed by atoms with van der Waals surface area (Å²) < 4.78 is 10.0. The molecule has 2 bridgehead atoms. The molecular formula is C24H23N7O. The van der Waals surface area contributed by atoms with E-state index in [1.807, 2.05) is 31.6 Å². The van der Waals surface area contributed by atoms with E-state index >= 15 is 0 Å². The van der Waals surface area contributed by atoms with Gasteiger partial charge in [0, 0.05) is 36.4 Å². The lowest BCUT2D eigenvalue weighted by Gasteiger charge is -2.22. The Balaban J connectivity index is 1.85. The summed E-state index contributed by atoms with van der Waals surface area (Å²) in [4.78, 5) is 4.36. The van der Waals surface area contributed by atoms with E-state index in [2.05, 4.69) is 47.3 Å². The summed E-state index contributed by atoms with van der Waals surface area (Å²) in [7, 11) is 1.85. The first-order valence-electron chi connectivity index (χ1n) is 10.4. The second kappa shape index (κ2) is 7.24. The maximum atomic E-state index is 9.76. The van der Waals surface area contributed by atoms with Crippen molar-refractivity contribution in [2.75, 3.05) is 5.73 Å². The van der Waals surface area contributed by atoms with E-state index < -0.39 is 0 Å². The van der Waals surface area contributed by atoms with Gasteiger partial charge >= 0.3 is 0 Å². The maximum Gasteiger partial charge on any atom is 0.170 e. The van der Waals surface area contributed by atoms with E-state index in [0.717, 1.165) is 45.0 Å². The summed E-state index contributed by atoms with van der Waals surface area (Å²) >= 11 is 0. The minimum absolute atomic E-state index is 0.298. The largest absolute Gasteiger partial charge is 0.482 e. The van der Waals surface area contributed by atoms with Crippen LogP contribution < -0.4 is 10.5 Å². The molecule has 0 radical (unpaired) electrons. The van der Waals surface area contributed by atoms with E-state index in [1.165, 1.54) is 0 Å². The number of aryl methyl sites for hydroxylation is 3. The number of ether oxygens (including phenoxy) is 1. The van der Waals surface area contributed by atoms with Gasteiger partial charge in [-0.3, -0.25) is 4.68 Å². The third-order valence-corrected chi connectivity index (χ3v) is 5.85. The van der Waals surface area contributed by atoms with E-state index in [1.54, 1.807) is 10.9 Å². The SMILES string of the molecule is Cc1ccc2c(c1)[C@@H](C)Oc1cc(cnc1N)-c1c(C#N)nn(C)c1Cc1cc(C)nn1-2. The molecule has 5 rings (SSSR count). The zero-order valence-corrected chi connectivity index (χ0v) is 18.4. The van der Waals surface area contributed by atoms with Gasteiger partial charge in [-0.05, 0) is 39.0 Å². The summed E-state index contributed by atoms with van der Waals surface area (Å²) in [6, 6.07) is 12.4. The number of nitrogens with zero attached hydrogens (tertiary/aromatic N) is 6. The average molecular weight is 425 g/mol. The molecular weight excluding hydrogens is 402 g/mol. The van der Waals surface area contributed by atoms with Gasteiger partial charge in [0.25, 0.3) is 0 Å².